The summed E-state index contributed by atoms with van der Waals surface area (Å²) in [4.78, 5) is 12.9. The van der Waals surface area contributed by atoms with Gasteiger partial charge < -0.3 is 9.84 Å². The van der Waals surface area contributed by atoms with Crippen LogP contribution in [0.25, 0.3) is 22.4 Å². The second-order valence-corrected chi connectivity index (χ2v) is 6.53. The number of aryl methyl sites for hydroxylation is 2. The summed E-state index contributed by atoms with van der Waals surface area (Å²) in [5.74, 6) is 0.734. The number of rotatable bonds is 4. The topological polar surface area (TPSA) is 76.7 Å². The first-order valence-corrected chi connectivity index (χ1v) is 8.41. The molecule has 1 N–H and O–H groups in total. The van der Waals surface area contributed by atoms with Gasteiger partial charge in [0.2, 0.25) is 0 Å². The molecule has 0 unspecified atom stereocenters. The van der Waals surface area contributed by atoms with Crippen LogP contribution >= 0.6 is 11.3 Å². The maximum atomic E-state index is 5.16. The fourth-order valence-electron chi connectivity index (χ4n) is 2.53. The monoisotopic (exact) mass is 337 g/mol. The zero-order valence-electron chi connectivity index (χ0n) is 13.3. The maximum absolute atomic E-state index is 5.16. The number of hydrogen-bond donors (Lipinski definition) is 1. The van der Waals surface area contributed by atoms with Crippen LogP contribution in [0.3, 0.4) is 0 Å². The molecule has 24 heavy (non-hydrogen) atoms. The van der Waals surface area contributed by atoms with Crippen LogP contribution in [-0.4, -0.2) is 20.1 Å². The lowest BCUT2D eigenvalue weighted by atomic mass is 10.1. The molecular formula is C17H15N5OS. The Bertz CT molecular complexity index is 990. The van der Waals surface area contributed by atoms with Crippen LogP contribution in [0.4, 0.5) is 5.82 Å². The van der Waals surface area contributed by atoms with E-state index in [2.05, 4.69) is 55.1 Å². The molecule has 0 saturated carbocycles. The standard InChI is InChI=1S/C17H15N5OS/c1-10-15-16(19-9-20-17(15)23-22-10)18-7-12-3-5-13(6-4-12)14-8-24-11(2)21-14/h3-6,8-9H,7H2,1-2H3,(H,18,19,20). The fourth-order valence-corrected chi connectivity index (χ4v) is 3.15. The molecule has 0 aliphatic rings. The van der Waals surface area contributed by atoms with Crippen LogP contribution in [0.5, 0.6) is 0 Å². The molecule has 0 amide bonds. The van der Waals surface area contributed by atoms with Crippen molar-refractivity contribution in [3.63, 3.8) is 0 Å². The number of fused-ring (bicyclic) bond motifs is 1. The van der Waals surface area contributed by atoms with Gasteiger partial charge in [0.05, 0.1) is 16.4 Å². The van der Waals surface area contributed by atoms with Crippen LogP contribution in [0.2, 0.25) is 0 Å². The zero-order chi connectivity index (χ0) is 16.5. The van der Waals surface area contributed by atoms with E-state index in [1.54, 1.807) is 11.3 Å². The molecule has 0 bridgehead atoms. The lowest BCUT2D eigenvalue weighted by molar-refractivity contribution is 0.442. The summed E-state index contributed by atoms with van der Waals surface area (Å²) in [6.07, 6.45) is 1.48. The number of anilines is 1. The average Bonchev–Trinajstić information content (AvgIpc) is 3.20. The van der Waals surface area contributed by atoms with E-state index in [-0.39, 0.29) is 0 Å². The number of nitrogens with zero attached hydrogens (tertiary/aromatic N) is 4. The highest BCUT2D eigenvalue weighted by atomic mass is 32.1. The van der Waals surface area contributed by atoms with Crippen LogP contribution in [0.1, 0.15) is 16.3 Å². The first kappa shape index (κ1) is 14.8. The Hall–Kier alpha value is -2.80. The van der Waals surface area contributed by atoms with Crippen molar-refractivity contribution in [3.8, 4) is 11.3 Å². The third-order valence-electron chi connectivity index (χ3n) is 3.77. The van der Waals surface area contributed by atoms with E-state index in [1.165, 1.54) is 6.33 Å². The highest BCUT2D eigenvalue weighted by Gasteiger charge is 2.11. The second kappa shape index (κ2) is 6.01. The van der Waals surface area contributed by atoms with Crippen LogP contribution in [-0.2, 0) is 6.54 Å². The van der Waals surface area contributed by atoms with Gasteiger partial charge in [-0.15, -0.1) is 11.3 Å². The largest absolute Gasteiger partial charge is 0.365 e. The van der Waals surface area contributed by atoms with E-state index in [9.17, 15) is 0 Å². The summed E-state index contributed by atoms with van der Waals surface area (Å²) in [6, 6.07) is 8.36. The van der Waals surface area contributed by atoms with Crippen molar-refractivity contribution in [1.29, 1.82) is 0 Å². The van der Waals surface area contributed by atoms with Gasteiger partial charge in [0.15, 0.2) is 0 Å². The molecule has 0 radical (unpaired) electrons. The van der Waals surface area contributed by atoms with Crippen molar-refractivity contribution in [1.82, 2.24) is 20.1 Å². The molecule has 0 saturated heterocycles. The van der Waals surface area contributed by atoms with E-state index in [0.29, 0.717) is 12.3 Å². The first-order valence-electron chi connectivity index (χ1n) is 7.53. The molecule has 1 aromatic carbocycles. The van der Waals surface area contributed by atoms with E-state index >= 15 is 0 Å². The minimum absolute atomic E-state index is 0.499. The van der Waals surface area contributed by atoms with E-state index in [1.807, 2.05) is 13.8 Å². The first-order chi connectivity index (χ1) is 11.7. The van der Waals surface area contributed by atoms with Crippen LogP contribution in [0, 0.1) is 13.8 Å². The van der Waals surface area contributed by atoms with E-state index in [0.717, 1.165) is 38.7 Å². The number of nitrogens with one attached hydrogen (secondary N) is 1. The van der Waals surface area contributed by atoms with Gasteiger partial charge in [-0.3, -0.25) is 0 Å². The maximum Gasteiger partial charge on any atom is 0.263 e. The zero-order valence-corrected chi connectivity index (χ0v) is 14.1. The number of benzene rings is 1. The number of thiazole rings is 1. The molecule has 3 aromatic heterocycles. The van der Waals surface area contributed by atoms with Gasteiger partial charge in [-0.25, -0.2) is 9.97 Å². The Labute approximate surface area is 142 Å². The molecule has 0 spiro atoms. The van der Waals surface area contributed by atoms with Gasteiger partial charge in [-0.2, -0.15) is 4.98 Å². The Kier molecular flexibility index (Phi) is 3.70. The van der Waals surface area contributed by atoms with Crippen molar-refractivity contribution in [2.24, 2.45) is 0 Å². The van der Waals surface area contributed by atoms with E-state index in [4.69, 9.17) is 4.52 Å². The van der Waals surface area contributed by atoms with Gasteiger partial charge in [-0.05, 0) is 19.4 Å². The summed E-state index contributed by atoms with van der Waals surface area (Å²) in [6.45, 7) is 4.56. The molecule has 0 aliphatic heterocycles. The number of aromatic nitrogens is 4. The Morgan fingerprint density at radius 1 is 1.12 bits per heavy atom. The molecule has 7 heteroatoms. The van der Waals surface area contributed by atoms with Gasteiger partial charge in [-0.1, -0.05) is 29.4 Å². The van der Waals surface area contributed by atoms with Crippen molar-refractivity contribution in [2.75, 3.05) is 5.32 Å². The van der Waals surface area contributed by atoms with Crippen LogP contribution < -0.4 is 5.32 Å². The molecule has 0 fully saturated rings. The predicted molar refractivity (Wildman–Crippen MR) is 93.9 cm³/mol. The van der Waals surface area contributed by atoms with Crippen molar-refractivity contribution in [2.45, 2.75) is 20.4 Å². The highest BCUT2D eigenvalue weighted by molar-refractivity contribution is 7.09. The normalized spacial score (nSPS) is 11.1. The summed E-state index contributed by atoms with van der Waals surface area (Å²) >= 11 is 1.66. The SMILES string of the molecule is Cc1nc(-c2ccc(CNc3ncnc4onc(C)c34)cc2)cs1. The second-order valence-electron chi connectivity index (χ2n) is 5.47. The lowest BCUT2D eigenvalue weighted by Crippen LogP contribution is -2.02. The highest BCUT2D eigenvalue weighted by Crippen LogP contribution is 2.24. The van der Waals surface area contributed by atoms with Crippen molar-refractivity contribution < 1.29 is 4.52 Å². The number of hydrogen-bond acceptors (Lipinski definition) is 7. The van der Waals surface area contributed by atoms with Gasteiger partial charge in [0, 0.05) is 17.5 Å². The molecule has 3 heterocycles. The third-order valence-corrected chi connectivity index (χ3v) is 4.55. The summed E-state index contributed by atoms with van der Waals surface area (Å²) < 4.78 is 5.16. The van der Waals surface area contributed by atoms with E-state index < -0.39 is 0 Å². The van der Waals surface area contributed by atoms with Gasteiger partial charge >= 0.3 is 0 Å². The molecule has 4 rings (SSSR count). The van der Waals surface area contributed by atoms with Gasteiger partial charge in [0.25, 0.3) is 5.71 Å². The van der Waals surface area contributed by atoms with Crippen molar-refractivity contribution in [3.05, 3.63) is 52.2 Å². The Balaban J connectivity index is 1.52. The lowest BCUT2D eigenvalue weighted by Gasteiger charge is -2.07. The Morgan fingerprint density at radius 2 is 1.96 bits per heavy atom. The smallest absolute Gasteiger partial charge is 0.263 e. The quantitative estimate of drug-likeness (QED) is 0.607. The summed E-state index contributed by atoms with van der Waals surface area (Å²) in [5, 5.41) is 11.2. The molecule has 0 atom stereocenters. The molecule has 6 nitrogen and oxygen atoms in total. The Morgan fingerprint density at radius 3 is 2.71 bits per heavy atom. The molecule has 120 valence electrons. The van der Waals surface area contributed by atoms with Crippen LogP contribution in [0.15, 0.2) is 40.5 Å². The average molecular weight is 337 g/mol. The third kappa shape index (κ3) is 2.74. The molecular weight excluding hydrogens is 322 g/mol. The van der Waals surface area contributed by atoms with Gasteiger partial charge in [0.1, 0.15) is 17.5 Å². The minimum atomic E-state index is 0.499. The van der Waals surface area contributed by atoms with Crippen molar-refractivity contribution >= 4 is 28.3 Å². The summed E-state index contributed by atoms with van der Waals surface area (Å²) in [5.41, 5.74) is 4.59. The summed E-state index contributed by atoms with van der Waals surface area (Å²) in [7, 11) is 0. The molecule has 4 aromatic rings. The minimum Gasteiger partial charge on any atom is -0.365 e. The molecule has 0 aliphatic carbocycles. The fraction of sp³-hybridized carbons (Fsp3) is 0.176. The predicted octanol–water partition coefficient (Wildman–Crippen LogP) is 3.97.